The van der Waals surface area contributed by atoms with Crippen molar-refractivity contribution in [1.29, 1.82) is 0 Å². The number of nitrogens with zero attached hydrogens (tertiary/aromatic N) is 1. The number of likely N-dealkylation sites (tertiary alicyclic amines) is 1. The molecule has 5 heteroatoms. The summed E-state index contributed by atoms with van der Waals surface area (Å²) in [6.07, 6.45) is 2.29. The Kier molecular flexibility index (Phi) is 4.73. The molecular formula is C11H21N3O2. The average molecular weight is 227 g/mol. The van der Waals surface area contributed by atoms with Crippen LogP contribution in [0.2, 0.25) is 0 Å². The average Bonchev–Trinajstić information content (AvgIpc) is 2.28. The summed E-state index contributed by atoms with van der Waals surface area (Å²) in [5.41, 5.74) is 5.63. The molecule has 0 aromatic heterocycles. The van der Waals surface area contributed by atoms with Crippen LogP contribution in [0.5, 0.6) is 0 Å². The van der Waals surface area contributed by atoms with E-state index >= 15 is 0 Å². The van der Waals surface area contributed by atoms with Gasteiger partial charge in [-0.25, -0.2) is 0 Å². The van der Waals surface area contributed by atoms with E-state index in [9.17, 15) is 9.59 Å². The molecule has 1 aliphatic heterocycles. The van der Waals surface area contributed by atoms with Crippen molar-refractivity contribution in [3.05, 3.63) is 0 Å². The number of carbonyl (C=O) groups excluding carboxylic acids is 2. The van der Waals surface area contributed by atoms with E-state index in [1.165, 1.54) is 0 Å². The minimum atomic E-state index is -0.411. The van der Waals surface area contributed by atoms with Crippen LogP contribution in [0.15, 0.2) is 0 Å². The van der Waals surface area contributed by atoms with Gasteiger partial charge in [-0.3, -0.25) is 9.59 Å². The largest absolute Gasteiger partial charge is 0.352 e. The van der Waals surface area contributed by atoms with Gasteiger partial charge >= 0.3 is 0 Å². The predicted molar refractivity (Wildman–Crippen MR) is 61.7 cm³/mol. The minimum Gasteiger partial charge on any atom is -0.352 e. The molecular weight excluding hydrogens is 206 g/mol. The topological polar surface area (TPSA) is 75.4 Å². The first-order valence-electron chi connectivity index (χ1n) is 5.86. The van der Waals surface area contributed by atoms with Gasteiger partial charge in [-0.15, -0.1) is 0 Å². The summed E-state index contributed by atoms with van der Waals surface area (Å²) in [6.45, 7) is 4.91. The molecule has 0 spiro atoms. The van der Waals surface area contributed by atoms with Crippen molar-refractivity contribution in [3.63, 3.8) is 0 Å². The maximum absolute atomic E-state index is 11.5. The van der Waals surface area contributed by atoms with Crippen LogP contribution in [0.25, 0.3) is 0 Å². The zero-order valence-corrected chi connectivity index (χ0v) is 10.0. The number of carbonyl (C=O) groups is 2. The maximum atomic E-state index is 11.5. The van der Waals surface area contributed by atoms with E-state index < -0.39 is 6.04 Å². The fraction of sp³-hybridized carbons (Fsp3) is 0.818. The number of hydrogen-bond acceptors (Lipinski definition) is 3. The SMILES string of the molecule is CCC(N)C(=O)NC1CCN(C(C)=O)CC1. The second-order valence-electron chi connectivity index (χ2n) is 4.30. The Hall–Kier alpha value is -1.10. The van der Waals surface area contributed by atoms with Crippen LogP contribution in [0, 0.1) is 0 Å². The van der Waals surface area contributed by atoms with Crippen LogP contribution < -0.4 is 11.1 Å². The molecule has 0 radical (unpaired) electrons. The molecule has 5 nitrogen and oxygen atoms in total. The number of amides is 2. The molecule has 0 aliphatic carbocycles. The van der Waals surface area contributed by atoms with Gasteiger partial charge in [-0.1, -0.05) is 6.92 Å². The van der Waals surface area contributed by atoms with Crippen LogP contribution >= 0.6 is 0 Å². The van der Waals surface area contributed by atoms with Crippen molar-refractivity contribution in [1.82, 2.24) is 10.2 Å². The van der Waals surface area contributed by atoms with E-state index in [0.717, 1.165) is 25.9 Å². The van der Waals surface area contributed by atoms with Crippen molar-refractivity contribution in [3.8, 4) is 0 Å². The lowest BCUT2D eigenvalue weighted by molar-refractivity contribution is -0.130. The Morgan fingerprint density at radius 3 is 2.44 bits per heavy atom. The molecule has 3 N–H and O–H groups in total. The highest BCUT2D eigenvalue weighted by atomic mass is 16.2. The summed E-state index contributed by atoms with van der Waals surface area (Å²) in [5, 5.41) is 2.93. The van der Waals surface area contributed by atoms with E-state index in [0.29, 0.717) is 6.42 Å². The molecule has 1 unspecified atom stereocenters. The summed E-state index contributed by atoms with van der Waals surface area (Å²) in [7, 11) is 0. The lowest BCUT2D eigenvalue weighted by Crippen LogP contribution is -2.50. The van der Waals surface area contributed by atoms with E-state index in [4.69, 9.17) is 5.73 Å². The van der Waals surface area contributed by atoms with E-state index in [1.54, 1.807) is 6.92 Å². The van der Waals surface area contributed by atoms with Gasteiger partial charge in [0.05, 0.1) is 6.04 Å². The summed E-state index contributed by atoms with van der Waals surface area (Å²) < 4.78 is 0. The molecule has 2 amide bonds. The summed E-state index contributed by atoms with van der Waals surface area (Å²) in [5.74, 6) is 0.0267. The highest BCUT2D eigenvalue weighted by molar-refractivity contribution is 5.81. The van der Waals surface area contributed by atoms with Crippen molar-refractivity contribution >= 4 is 11.8 Å². The fourth-order valence-corrected chi connectivity index (χ4v) is 1.83. The molecule has 1 atom stereocenters. The maximum Gasteiger partial charge on any atom is 0.237 e. The third-order valence-electron chi connectivity index (χ3n) is 3.06. The van der Waals surface area contributed by atoms with Crippen molar-refractivity contribution in [2.24, 2.45) is 5.73 Å². The highest BCUT2D eigenvalue weighted by Gasteiger charge is 2.23. The quantitative estimate of drug-likeness (QED) is 0.704. The first kappa shape index (κ1) is 13.0. The van der Waals surface area contributed by atoms with Gasteiger partial charge in [0, 0.05) is 26.1 Å². The highest BCUT2D eigenvalue weighted by Crippen LogP contribution is 2.10. The Morgan fingerprint density at radius 1 is 1.44 bits per heavy atom. The standard InChI is InChI=1S/C11H21N3O2/c1-3-10(12)11(16)13-9-4-6-14(7-5-9)8(2)15/h9-10H,3-7,12H2,1-2H3,(H,13,16). The molecule has 92 valence electrons. The molecule has 0 bridgehead atoms. The second kappa shape index (κ2) is 5.84. The van der Waals surface area contributed by atoms with Crippen LogP contribution in [-0.4, -0.2) is 41.9 Å². The first-order chi connectivity index (χ1) is 7.54. The van der Waals surface area contributed by atoms with Gasteiger partial charge in [0.2, 0.25) is 11.8 Å². The first-order valence-corrected chi connectivity index (χ1v) is 5.86. The van der Waals surface area contributed by atoms with E-state index in [1.807, 2.05) is 11.8 Å². The smallest absolute Gasteiger partial charge is 0.237 e. The molecule has 1 rings (SSSR count). The Balaban J connectivity index is 2.32. The Bertz CT molecular complexity index is 260. The van der Waals surface area contributed by atoms with Gasteiger partial charge in [0.1, 0.15) is 0 Å². The number of nitrogens with two attached hydrogens (primary N) is 1. The second-order valence-corrected chi connectivity index (χ2v) is 4.30. The normalized spacial score (nSPS) is 19.3. The number of hydrogen-bond donors (Lipinski definition) is 2. The third kappa shape index (κ3) is 3.48. The van der Waals surface area contributed by atoms with Crippen molar-refractivity contribution in [2.75, 3.05) is 13.1 Å². The van der Waals surface area contributed by atoms with Gasteiger partial charge in [-0.2, -0.15) is 0 Å². The lowest BCUT2D eigenvalue weighted by atomic mass is 10.0. The zero-order chi connectivity index (χ0) is 12.1. The molecule has 16 heavy (non-hydrogen) atoms. The molecule has 0 aromatic carbocycles. The van der Waals surface area contributed by atoms with Gasteiger partial charge in [0.15, 0.2) is 0 Å². The van der Waals surface area contributed by atoms with Crippen LogP contribution in [0.3, 0.4) is 0 Å². The molecule has 0 aromatic rings. The zero-order valence-electron chi connectivity index (χ0n) is 10.0. The van der Waals surface area contributed by atoms with Crippen LogP contribution in [-0.2, 0) is 9.59 Å². The third-order valence-corrected chi connectivity index (χ3v) is 3.06. The summed E-state index contributed by atoms with van der Waals surface area (Å²) >= 11 is 0. The van der Waals surface area contributed by atoms with Crippen molar-refractivity contribution < 1.29 is 9.59 Å². The van der Waals surface area contributed by atoms with Crippen molar-refractivity contribution in [2.45, 2.75) is 45.2 Å². The number of rotatable bonds is 3. The minimum absolute atomic E-state index is 0.0798. The summed E-state index contributed by atoms with van der Waals surface area (Å²) in [6, 6.07) is -0.244. The van der Waals surface area contributed by atoms with Gasteiger partial charge in [0.25, 0.3) is 0 Å². The van der Waals surface area contributed by atoms with Gasteiger partial charge in [-0.05, 0) is 19.3 Å². The lowest BCUT2D eigenvalue weighted by Gasteiger charge is -2.32. The number of nitrogens with one attached hydrogen (secondary N) is 1. The van der Waals surface area contributed by atoms with Crippen LogP contribution in [0.4, 0.5) is 0 Å². The molecule has 1 saturated heterocycles. The van der Waals surface area contributed by atoms with E-state index in [2.05, 4.69) is 5.32 Å². The molecule has 0 saturated carbocycles. The Labute approximate surface area is 96.4 Å². The number of piperidine rings is 1. The van der Waals surface area contributed by atoms with Gasteiger partial charge < -0.3 is 16.0 Å². The fourth-order valence-electron chi connectivity index (χ4n) is 1.83. The Morgan fingerprint density at radius 2 is 2.00 bits per heavy atom. The van der Waals surface area contributed by atoms with E-state index in [-0.39, 0.29) is 17.9 Å². The molecule has 1 heterocycles. The van der Waals surface area contributed by atoms with Crippen LogP contribution in [0.1, 0.15) is 33.1 Å². The summed E-state index contributed by atoms with van der Waals surface area (Å²) in [4.78, 5) is 24.4. The predicted octanol–water partition coefficient (Wildman–Crippen LogP) is -0.149. The molecule has 1 aliphatic rings. The molecule has 1 fully saturated rings. The monoisotopic (exact) mass is 227 g/mol.